The second-order valence-corrected chi connectivity index (χ2v) is 8.43. The lowest BCUT2D eigenvalue weighted by Crippen LogP contribution is -2.56. The predicted molar refractivity (Wildman–Crippen MR) is 116 cm³/mol. The van der Waals surface area contributed by atoms with Gasteiger partial charge < -0.3 is 25.8 Å². The molecule has 0 bridgehead atoms. The van der Waals surface area contributed by atoms with Gasteiger partial charge in [-0.1, -0.05) is 42.5 Å². The van der Waals surface area contributed by atoms with Crippen LogP contribution in [-0.4, -0.2) is 65.2 Å². The van der Waals surface area contributed by atoms with E-state index < -0.39 is 41.5 Å². The first-order valence-electron chi connectivity index (χ1n) is 10.2. The minimum atomic E-state index is -1.14. The zero-order valence-corrected chi connectivity index (χ0v) is 18.0. The van der Waals surface area contributed by atoms with E-state index in [-0.39, 0.29) is 19.4 Å². The first kappa shape index (κ1) is 22.7. The standard InChI is InChI=1S/C23H29N3O5/c1-23(2,31-3)22(30)26-13-17(27)12-19(26)21(29)25-18(20(24)28)11-14-8-9-15-6-4-5-7-16(15)10-14/h4-10,17-19,27H,11-13H2,1-3H3,(H2,24,28)(H,25,29)/t17-,18?,19+/m1/s1. The molecule has 31 heavy (non-hydrogen) atoms. The number of nitrogens with two attached hydrogens (primary N) is 1. The molecule has 0 spiro atoms. The average molecular weight is 428 g/mol. The topological polar surface area (TPSA) is 122 Å². The van der Waals surface area contributed by atoms with E-state index in [1.165, 1.54) is 12.0 Å². The van der Waals surface area contributed by atoms with Gasteiger partial charge in [0.15, 0.2) is 0 Å². The van der Waals surface area contributed by atoms with Crippen LogP contribution >= 0.6 is 0 Å². The van der Waals surface area contributed by atoms with Gasteiger partial charge in [0.25, 0.3) is 5.91 Å². The van der Waals surface area contributed by atoms with Crippen molar-refractivity contribution < 1.29 is 24.2 Å². The maximum atomic E-state index is 13.0. The van der Waals surface area contributed by atoms with Crippen molar-refractivity contribution in [2.75, 3.05) is 13.7 Å². The maximum absolute atomic E-state index is 13.0. The number of rotatable bonds is 7. The fourth-order valence-corrected chi connectivity index (χ4v) is 3.81. The Hall–Kier alpha value is -2.97. The molecule has 2 aromatic rings. The quantitative estimate of drug-likeness (QED) is 0.602. The summed E-state index contributed by atoms with van der Waals surface area (Å²) in [7, 11) is 1.41. The summed E-state index contributed by atoms with van der Waals surface area (Å²) in [5.41, 5.74) is 5.26. The molecule has 0 aliphatic carbocycles. The normalized spacial score (nSPS) is 19.9. The number of primary amides is 1. The van der Waals surface area contributed by atoms with Crippen LogP contribution in [0.25, 0.3) is 10.8 Å². The van der Waals surface area contributed by atoms with Gasteiger partial charge in [-0.2, -0.15) is 0 Å². The van der Waals surface area contributed by atoms with Gasteiger partial charge in [0.05, 0.1) is 6.10 Å². The molecule has 8 heteroatoms. The van der Waals surface area contributed by atoms with E-state index in [0.717, 1.165) is 16.3 Å². The molecule has 1 unspecified atom stereocenters. The van der Waals surface area contributed by atoms with E-state index >= 15 is 0 Å². The minimum absolute atomic E-state index is 0.0234. The van der Waals surface area contributed by atoms with Gasteiger partial charge in [0.1, 0.15) is 17.7 Å². The van der Waals surface area contributed by atoms with Crippen LogP contribution in [0.3, 0.4) is 0 Å². The molecule has 1 heterocycles. The first-order chi connectivity index (χ1) is 14.6. The Morgan fingerprint density at radius 2 is 1.90 bits per heavy atom. The average Bonchev–Trinajstić information content (AvgIpc) is 3.14. The molecule has 166 valence electrons. The van der Waals surface area contributed by atoms with Crippen LogP contribution in [0.5, 0.6) is 0 Å². The van der Waals surface area contributed by atoms with Crippen LogP contribution < -0.4 is 11.1 Å². The SMILES string of the molecule is COC(C)(C)C(=O)N1C[C@H](O)C[C@H]1C(=O)NC(Cc1ccc2ccccc2c1)C(N)=O. The maximum Gasteiger partial charge on any atom is 0.254 e. The number of aliphatic hydroxyl groups excluding tert-OH is 1. The van der Waals surface area contributed by atoms with E-state index in [9.17, 15) is 19.5 Å². The first-order valence-corrected chi connectivity index (χ1v) is 10.2. The van der Waals surface area contributed by atoms with Gasteiger partial charge in [0, 0.05) is 26.5 Å². The highest BCUT2D eigenvalue weighted by Gasteiger charge is 2.44. The van der Waals surface area contributed by atoms with Gasteiger partial charge in [-0.15, -0.1) is 0 Å². The molecule has 1 aliphatic heterocycles. The van der Waals surface area contributed by atoms with Gasteiger partial charge in [0.2, 0.25) is 11.8 Å². The number of hydrogen-bond donors (Lipinski definition) is 3. The minimum Gasteiger partial charge on any atom is -0.391 e. The zero-order chi connectivity index (χ0) is 22.8. The molecule has 1 aliphatic rings. The van der Waals surface area contributed by atoms with Crippen LogP contribution in [0.2, 0.25) is 0 Å². The number of ether oxygens (including phenoxy) is 1. The van der Waals surface area contributed by atoms with Gasteiger partial charge >= 0.3 is 0 Å². The number of nitrogens with one attached hydrogen (secondary N) is 1. The Balaban J connectivity index is 1.76. The van der Waals surface area contributed by atoms with E-state index in [0.29, 0.717) is 0 Å². The Morgan fingerprint density at radius 3 is 2.55 bits per heavy atom. The molecular weight excluding hydrogens is 398 g/mol. The number of benzene rings is 2. The highest BCUT2D eigenvalue weighted by atomic mass is 16.5. The summed E-state index contributed by atoms with van der Waals surface area (Å²) >= 11 is 0. The zero-order valence-electron chi connectivity index (χ0n) is 18.0. The Bertz CT molecular complexity index is 990. The highest BCUT2D eigenvalue weighted by Crippen LogP contribution is 2.24. The van der Waals surface area contributed by atoms with Crippen molar-refractivity contribution in [1.82, 2.24) is 10.2 Å². The summed E-state index contributed by atoms with van der Waals surface area (Å²) in [4.78, 5) is 39.1. The smallest absolute Gasteiger partial charge is 0.254 e. The Morgan fingerprint density at radius 1 is 1.23 bits per heavy atom. The van der Waals surface area contributed by atoms with Crippen LogP contribution in [0.4, 0.5) is 0 Å². The van der Waals surface area contributed by atoms with Gasteiger partial charge in [-0.25, -0.2) is 0 Å². The second kappa shape index (κ2) is 9.03. The number of aliphatic hydroxyl groups is 1. The lowest BCUT2D eigenvalue weighted by atomic mass is 10.0. The Labute approximate surface area is 181 Å². The van der Waals surface area contributed by atoms with E-state index in [4.69, 9.17) is 10.5 Å². The monoisotopic (exact) mass is 427 g/mol. The number of amides is 3. The summed E-state index contributed by atoms with van der Waals surface area (Å²) in [6, 6.07) is 11.8. The number of fused-ring (bicyclic) bond motifs is 1. The predicted octanol–water partition coefficient (Wildman–Crippen LogP) is 0.739. The van der Waals surface area contributed by atoms with E-state index in [1.807, 2.05) is 42.5 Å². The number of β-amino-alcohol motifs (C(OH)–C–C–N with tert-alkyl or cyclic N) is 1. The number of hydrogen-bond acceptors (Lipinski definition) is 5. The summed E-state index contributed by atoms with van der Waals surface area (Å²) in [6.07, 6.45) is -0.530. The van der Waals surface area contributed by atoms with Crippen molar-refractivity contribution in [1.29, 1.82) is 0 Å². The molecule has 0 saturated carbocycles. The van der Waals surface area contributed by atoms with Crippen LogP contribution in [0, 0.1) is 0 Å². The number of carbonyl (C=O) groups excluding carboxylic acids is 3. The molecule has 3 atom stereocenters. The van der Waals surface area contributed by atoms with Gasteiger partial charge in [-0.05, 0) is 30.2 Å². The third-order valence-electron chi connectivity index (χ3n) is 5.78. The molecule has 1 saturated heterocycles. The highest BCUT2D eigenvalue weighted by molar-refractivity contribution is 5.94. The number of carbonyl (C=O) groups is 3. The van der Waals surface area contributed by atoms with Crippen LogP contribution in [-0.2, 0) is 25.5 Å². The lowest BCUT2D eigenvalue weighted by Gasteiger charge is -2.32. The Kier molecular flexibility index (Phi) is 6.62. The van der Waals surface area contributed by atoms with Gasteiger partial charge in [-0.3, -0.25) is 14.4 Å². The molecule has 1 fully saturated rings. The van der Waals surface area contributed by atoms with Crippen molar-refractivity contribution >= 4 is 28.5 Å². The summed E-state index contributed by atoms with van der Waals surface area (Å²) in [6.45, 7) is 3.22. The molecule has 2 aromatic carbocycles. The number of likely N-dealkylation sites (tertiary alicyclic amines) is 1. The van der Waals surface area contributed by atoms with Crippen molar-refractivity contribution in [3.8, 4) is 0 Å². The molecule has 0 aromatic heterocycles. The number of nitrogens with zero attached hydrogens (tertiary/aromatic N) is 1. The van der Waals surface area contributed by atoms with Crippen molar-refractivity contribution in [3.63, 3.8) is 0 Å². The fraction of sp³-hybridized carbons (Fsp3) is 0.435. The largest absolute Gasteiger partial charge is 0.391 e. The van der Waals surface area contributed by atoms with Crippen LogP contribution in [0.15, 0.2) is 42.5 Å². The van der Waals surface area contributed by atoms with E-state index in [1.54, 1.807) is 13.8 Å². The molecule has 4 N–H and O–H groups in total. The van der Waals surface area contributed by atoms with Crippen molar-refractivity contribution in [3.05, 3.63) is 48.0 Å². The second-order valence-electron chi connectivity index (χ2n) is 8.43. The molecule has 3 rings (SSSR count). The van der Waals surface area contributed by atoms with Crippen molar-refractivity contribution in [2.24, 2.45) is 5.73 Å². The van der Waals surface area contributed by atoms with Crippen molar-refractivity contribution in [2.45, 2.75) is 50.5 Å². The molecular formula is C23H29N3O5. The number of methoxy groups -OCH3 is 1. The third kappa shape index (κ3) is 5.03. The summed E-state index contributed by atoms with van der Waals surface area (Å²) < 4.78 is 5.23. The molecule has 0 radical (unpaired) electrons. The fourth-order valence-electron chi connectivity index (χ4n) is 3.81. The molecule has 3 amide bonds. The summed E-state index contributed by atoms with van der Waals surface area (Å²) in [5.74, 6) is -1.60. The van der Waals surface area contributed by atoms with Crippen LogP contribution in [0.1, 0.15) is 25.8 Å². The lowest BCUT2D eigenvalue weighted by molar-refractivity contribution is -0.154. The summed E-state index contributed by atoms with van der Waals surface area (Å²) in [5, 5.41) is 14.8. The third-order valence-corrected chi connectivity index (χ3v) is 5.78. The van der Waals surface area contributed by atoms with E-state index in [2.05, 4.69) is 5.32 Å². The molecule has 8 nitrogen and oxygen atoms in total.